The van der Waals surface area contributed by atoms with E-state index in [9.17, 15) is 9.59 Å². The number of aliphatic carboxylic acids is 1. The van der Waals surface area contributed by atoms with Crippen LogP contribution in [-0.4, -0.2) is 56.7 Å². The molecule has 5 nitrogen and oxygen atoms in total. The summed E-state index contributed by atoms with van der Waals surface area (Å²) >= 11 is 4.87. The second-order valence-electron chi connectivity index (χ2n) is 4.76. The average molecular weight is 346 g/mol. The minimum absolute atomic E-state index is 0.0364. The second kappa shape index (κ2) is 8.05. The zero-order valence-electron chi connectivity index (χ0n) is 11.8. The first-order chi connectivity index (χ1) is 10.1. The van der Waals surface area contributed by atoms with E-state index in [-0.39, 0.29) is 18.4 Å². The molecule has 1 amide bonds. The summed E-state index contributed by atoms with van der Waals surface area (Å²) in [6.07, 6.45) is 0.0364. The fourth-order valence-electron chi connectivity index (χ4n) is 2.15. The molecule has 0 radical (unpaired) electrons. The number of carbonyl (C=O) groups is 2. The number of aromatic nitrogens is 1. The zero-order chi connectivity index (χ0) is 15.2. The smallest absolute Gasteiger partial charge is 0.305 e. The van der Waals surface area contributed by atoms with Crippen molar-refractivity contribution in [2.75, 3.05) is 23.8 Å². The molecule has 2 heterocycles. The molecule has 21 heavy (non-hydrogen) atoms. The third-order valence-corrected chi connectivity index (χ3v) is 5.97. The number of carboxylic acid groups (broad SMARTS) is 1. The van der Waals surface area contributed by atoms with Gasteiger partial charge in [0, 0.05) is 29.2 Å². The molecule has 1 aliphatic heterocycles. The van der Waals surface area contributed by atoms with E-state index in [1.54, 1.807) is 39.8 Å². The largest absolute Gasteiger partial charge is 0.481 e. The number of thiazole rings is 1. The van der Waals surface area contributed by atoms with Crippen LogP contribution >= 0.6 is 34.9 Å². The van der Waals surface area contributed by atoms with Crippen molar-refractivity contribution in [2.45, 2.75) is 25.1 Å². The first kappa shape index (κ1) is 16.6. The normalized spacial score (nSPS) is 18.7. The number of amides is 1. The third-order valence-electron chi connectivity index (χ3n) is 3.10. The first-order valence-electron chi connectivity index (χ1n) is 6.64. The van der Waals surface area contributed by atoms with Crippen LogP contribution in [0.1, 0.15) is 17.1 Å². The highest BCUT2D eigenvalue weighted by atomic mass is 32.2. The van der Waals surface area contributed by atoms with Gasteiger partial charge in [-0.05, 0) is 6.92 Å². The first-order valence-corrected chi connectivity index (χ1v) is 9.83. The maximum absolute atomic E-state index is 12.3. The van der Waals surface area contributed by atoms with Gasteiger partial charge in [0.15, 0.2) is 0 Å². The number of hydrogen-bond donors (Lipinski definition) is 1. The molecule has 0 spiro atoms. The molecule has 116 valence electrons. The zero-order valence-corrected chi connectivity index (χ0v) is 14.2. The molecule has 1 atom stereocenters. The SMILES string of the molecule is Cc1nc(CSCC(=O)N2CCSCC2CC(=O)O)cs1. The lowest BCUT2D eigenvalue weighted by molar-refractivity contribution is -0.139. The molecule has 8 heteroatoms. The Labute approximate surface area is 136 Å². The number of carboxylic acids is 1. The van der Waals surface area contributed by atoms with Crippen LogP contribution in [0.15, 0.2) is 5.38 Å². The van der Waals surface area contributed by atoms with E-state index in [0.29, 0.717) is 18.1 Å². The van der Waals surface area contributed by atoms with E-state index in [2.05, 4.69) is 4.98 Å². The minimum atomic E-state index is -0.842. The molecule has 2 rings (SSSR count). The lowest BCUT2D eigenvalue weighted by Gasteiger charge is -2.34. The average Bonchev–Trinajstić information content (AvgIpc) is 2.84. The van der Waals surface area contributed by atoms with Crippen molar-refractivity contribution in [3.8, 4) is 0 Å². The highest BCUT2D eigenvalue weighted by Gasteiger charge is 2.28. The lowest BCUT2D eigenvalue weighted by atomic mass is 10.2. The molecule has 1 fully saturated rings. The highest BCUT2D eigenvalue weighted by molar-refractivity contribution is 7.99. The summed E-state index contributed by atoms with van der Waals surface area (Å²) in [7, 11) is 0. The van der Waals surface area contributed by atoms with Gasteiger partial charge < -0.3 is 10.0 Å². The molecule has 0 bridgehead atoms. The van der Waals surface area contributed by atoms with E-state index < -0.39 is 5.97 Å². The number of nitrogens with zero attached hydrogens (tertiary/aromatic N) is 2. The van der Waals surface area contributed by atoms with E-state index in [0.717, 1.165) is 22.2 Å². The Morgan fingerprint density at radius 2 is 2.38 bits per heavy atom. The lowest BCUT2D eigenvalue weighted by Crippen LogP contribution is -2.47. The summed E-state index contributed by atoms with van der Waals surface area (Å²) < 4.78 is 0. The Kier molecular flexibility index (Phi) is 6.38. The summed E-state index contributed by atoms with van der Waals surface area (Å²) in [4.78, 5) is 29.3. The number of carbonyl (C=O) groups excluding carboxylic acids is 1. The van der Waals surface area contributed by atoms with Crippen LogP contribution in [0.5, 0.6) is 0 Å². The van der Waals surface area contributed by atoms with Gasteiger partial charge in [0.2, 0.25) is 5.91 Å². The van der Waals surface area contributed by atoms with Crippen molar-refractivity contribution in [2.24, 2.45) is 0 Å². The standard InChI is InChI=1S/C13H18N2O3S3/c1-9-14-10(6-21-9)5-20-8-12(16)15-2-3-19-7-11(15)4-13(17)18/h6,11H,2-5,7-8H2,1H3,(H,17,18). The topological polar surface area (TPSA) is 70.5 Å². The van der Waals surface area contributed by atoms with E-state index in [1.807, 2.05) is 12.3 Å². The Bertz CT molecular complexity index is 507. The molecule has 1 aliphatic rings. The van der Waals surface area contributed by atoms with Crippen LogP contribution < -0.4 is 0 Å². The summed E-state index contributed by atoms with van der Waals surface area (Å²) in [5.74, 6) is 1.91. The minimum Gasteiger partial charge on any atom is -0.481 e. The van der Waals surface area contributed by atoms with Gasteiger partial charge in [-0.3, -0.25) is 9.59 Å². The quantitative estimate of drug-likeness (QED) is 0.851. The third kappa shape index (κ3) is 5.19. The van der Waals surface area contributed by atoms with Crippen LogP contribution in [0.4, 0.5) is 0 Å². The van der Waals surface area contributed by atoms with Crippen LogP contribution in [-0.2, 0) is 15.3 Å². The van der Waals surface area contributed by atoms with Crippen molar-refractivity contribution in [1.82, 2.24) is 9.88 Å². The Morgan fingerprint density at radius 1 is 1.57 bits per heavy atom. The van der Waals surface area contributed by atoms with Crippen LogP contribution in [0, 0.1) is 6.92 Å². The van der Waals surface area contributed by atoms with Gasteiger partial charge >= 0.3 is 5.97 Å². The van der Waals surface area contributed by atoms with Crippen molar-refractivity contribution < 1.29 is 14.7 Å². The molecule has 0 saturated carbocycles. The van der Waals surface area contributed by atoms with Gasteiger partial charge in [-0.15, -0.1) is 23.1 Å². The summed E-state index contributed by atoms with van der Waals surface area (Å²) in [6.45, 7) is 2.61. The Balaban J connectivity index is 1.81. The van der Waals surface area contributed by atoms with E-state index in [1.165, 1.54) is 0 Å². The molecular weight excluding hydrogens is 328 g/mol. The fourth-order valence-corrected chi connectivity index (χ4v) is 4.73. The molecule has 1 aromatic rings. The van der Waals surface area contributed by atoms with Gasteiger partial charge in [0.1, 0.15) is 0 Å². The van der Waals surface area contributed by atoms with Gasteiger partial charge in [0.05, 0.1) is 28.9 Å². The molecular formula is C13H18N2O3S3. The van der Waals surface area contributed by atoms with Crippen molar-refractivity contribution in [3.63, 3.8) is 0 Å². The van der Waals surface area contributed by atoms with Crippen molar-refractivity contribution >= 4 is 46.7 Å². The maximum Gasteiger partial charge on any atom is 0.305 e. The molecule has 0 aliphatic carbocycles. The molecule has 1 aromatic heterocycles. The van der Waals surface area contributed by atoms with Crippen LogP contribution in [0.25, 0.3) is 0 Å². The molecule has 1 N–H and O–H groups in total. The predicted molar refractivity (Wildman–Crippen MR) is 88.1 cm³/mol. The molecule has 1 saturated heterocycles. The van der Waals surface area contributed by atoms with Crippen LogP contribution in [0.3, 0.4) is 0 Å². The Morgan fingerprint density at radius 3 is 3.05 bits per heavy atom. The highest BCUT2D eigenvalue weighted by Crippen LogP contribution is 2.21. The summed E-state index contributed by atoms with van der Waals surface area (Å²) in [5, 5.41) is 12.0. The second-order valence-corrected chi connectivity index (χ2v) is 7.96. The fraction of sp³-hybridized carbons (Fsp3) is 0.615. The monoisotopic (exact) mass is 346 g/mol. The summed E-state index contributed by atoms with van der Waals surface area (Å²) in [5.41, 5.74) is 1.01. The number of thioether (sulfide) groups is 2. The van der Waals surface area contributed by atoms with E-state index in [4.69, 9.17) is 5.11 Å². The van der Waals surface area contributed by atoms with Gasteiger partial charge in [-0.1, -0.05) is 0 Å². The Hall–Kier alpha value is -0.730. The van der Waals surface area contributed by atoms with Gasteiger partial charge in [-0.25, -0.2) is 4.98 Å². The number of aryl methyl sites for hydroxylation is 1. The number of rotatable bonds is 6. The molecule has 1 unspecified atom stereocenters. The van der Waals surface area contributed by atoms with Gasteiger partial charge in [0.25, 0.3) is 0 Å². The maximum atomic E-state index is 12.3. The predicted octanol–water partition coefficient (Wildman–Crippen LogP) is 2.10. The van der Waals surface area contributed by atoms with E-state index >= 15 is 0 Å². The van der Waals surface area contributed by atoms with Crippen molar-refractivity contribution in [3.05, 3.63) is 16.1 Å². The van der Waals surface area contributed by atoms with Crippen LogP contribution in [0.2, 0.25) is 0 Å². The van der Waals surface area contributed by atoms with Crippen molar-refractivity contribution in [1.29, 1.82) is 0 Å². The van der Waals surface area contributed by atoms with Gasteiger partial charge in [-0.2, -0.15) is 11.8 Å². The molecule has 0 aromatic carbocycles. The summed E-state index contributed by atoms with van der Waals surface area (Å²) in [6, 6.07) is -0.170. The number of hydrogen-bond acceptors (Lipinski definition) is 6.